The lowest BCUT2D eigenvalue weighted by Crippen LogP contribution is -2.18. The van der Waals surface area contributed by atoms with Crippen LogP contribution in [0, 0.1) is 0 Å². The molecule has 0 bridgehead atoms. The van der Waals surface area contributed by atoms with Gasteiger partial charge in [-0.1, -0.05) is 25.1 Å². The van der Waals surface area contributed by atoms with E-state index in [1.54, 1.807) is 7.11 Å². The fourth-order valence-electron chi connectivity index (χ4n) is 2.16. The summed E-state index contributed by atoms with van der Waals surface area (Å²) >= 11 is 3.52. The zero-order valence-corrected chi connectivity index (χ0v) is 14.1. The maximum Gasteiger partial charge on any atom is 0.141 e. The molecule has 0 fully saturated rings. The lowest BCUT2D eigenvalue weighted by atomic mass is 10.1. The van der Waals surface area contributed by atoms with Crippen molar-refractivity contribution in [2.24, 2.45) is 0 Å². The van der Waals surface area contributed by atoms with Gasteiger partial charge in [-0.3, -0.25) is 0 Å². The van der Waals surface area contributed by atoms with Gasteiger partial charge >= 0.3 is 0 Å². The Hall–Kier alpha value is -1.52. The zero-order valence-electron chi connectivity index (χ0n) is 12.5. The monoisotopic (exact) mass is 349 g/mol. The molecule has 4 heteroatoms. The van der Waals surface area contributed by atoms with Gasteiger partial charge in [-0.15, -0.1) is 0 Å². The molecule has 0 aliphatic rings. The average molecular weight is 350 g/mol. The van der Waals surface area contributed by atoms with E-state index in [0.717, 1.165) is 33.8 Å². The number of nitrogens with one attached hydrogen (secondary N) is 1. The van der Waals surface area contributed by atoms with Gasteiger partial charge in [0.1, 0.15) is 17.2 Å². The number of rotatable bonds is 6. The topological polar surface area (TPSA) is 30.5 Å². The third-order valence-corrected chi connectivity index (χ3v) is 3.87. The molecular weight excluding hydrogens is 330 g/mol. The molecule has 2 aromatic carbocycles. The fourth-order valence-corrected chi connectivity index (χ4v) is 2.60. The summed E-state index contributed by atoms with van der Waals surface area (Å²) in [5.41, 5.74) is 1.14. The highest BCUT2D eigenvalue weighted by molar-refractivity contribution is 9.10. The Bertz CT molecular complexity index is 601. The largest absolute Gasteiger partial charge is 0.497 e. The van der Waals surface area contributed by atoms with E-state index in [0.29, 0.717) is 0 Å². The van der Waals surface area contributed by atoms with Crippen molar-refractivity contribution >= 4 is 15.9 Å². The first-order valence-electron chi connectivity index (χ1n) is 6.99. The number of para-hydroxylation sites is 1. The van der Waals surface area contributed by atoms with Crippen LogP contribution in [0.3, 0.4) is 0 Å². The first-order valence-corrected chi connectivity index (χ1v) is 7.78. The predicted octanol–water partition coefficient (Wildman–Crippen LogP) is 4.92. The van der Waals surface area contributed by atoms with E-state index in [9.17, 15) is 0 Å². The SMILES string of the molecule is CCNC(C)c1ccccc1Oc1ccc(OC)cc1Br. The minimum Gasteiger partial charge on any atom is -0.497 e. The van der Waals surface area contributed by atoms with Crippen LogP contribution >= 0.6 is 15.9 Å². The van der Waals surface area contributed by atoms with Crippen molar-refractivity contribution in [1.29, 1.82) is 0 Å². The van der Waals surface area contributed by atoms with E-state index < -0.39 is 0 Å². The number of methoxy groups -OCH3 is 1. The highest BCUT2D eigenvalue weighted by Crippen LogP contribution is 2.35. The van der Waals surface area contributed by atoms with E-state index in [2.05, 4.69) is 41.2 Å². The van der Waals surface area contributed by atoms with Gasteiger partial charge < -0.3 is 14.8 Å². The van der Waals surface area contributed by atoms with Crippen LogP contribution in [0.15, 0.2) is 46.9 Å². The number of halogens is 1. The van der Waals surface area contributed by atoms with Crippen LogP contribution in [0.4, 0.5) is 0 Å². The van der Waals surface area contributed by atoms with Gasteiger partial charge in [0.15, 0.2) is 0 Å². The summed E-state index contributed by atoms with van der Waals surface area (Å²) in [6.45, 7) is 5.15. The Kier molecular flexibility index (Phi) is 5.65. The van der Waals surface area contributed by atoms with Crippen molar-refractivity contribution in [2.45, 2.75) is 19.9 Å². The average Bonchev–Trinajstić information content (AvgIpc) is 2.50. The molecule has 112 valence electrons. The molecule has 0 amide bonds. The molecule has 0 aromatic heterocycles. The van der Waals surface area contributed by atoms with Crippen LogP contribution in [-0.2, 0) is 0 Å². The van der Waals surface area contributed by atoms with Crippen molar-refractivity contribution in [3.63, 3.8) is 0 Å². The third kappa shape index (κ3) is 3.99. The summed E-state index contributed by atoms with van der Waals surface area (Å²) in [5, 5.41) is 3.41. The molecule has 0 saturated carbocycles. The Labute approximate surface area is 134 Å². The first kappa shape index (κ1) is 15.9. The quantitative estimate of drug-likeness (QED) is 0.802. The molecular formula is C17H20BrNO2. The van der Waals surface area contributed by atoms with Gasteiger partial charge in [-0.2, -0.15) is 0 Å². The molecule has 0 saturated heterocycles. The maximum atomic E-state index is 6.06. The number of benzene rings is 2. The zero-order chi connectivity index (χ0) is 15.2. The molecule has 2 rings (SSSR count). The number of hydrogen-bond acceptors (Lipinski definition) is 3. The van der Waals surface area contributed by atoms with E-state index in [1.165, 1.54) is 0 Å². The van der Waals surface area contributed by atoms with Crippen molar-refractivity contribution in [3.05, 3.63) is 52.5 Å². The van der Waals surface area contributed by atoms with Crippen LogP contribution < -0.4 is 14.8 Å². The Morgan fingerprint density at radius 2 is 1.90 bits per heavy atom. The fraction of sp³-hybridized carbons (Fsp3) is 0.294. The van der Waals surface area contributed by atoms with Gasteiger partial charge in [0.25, 0.3) is 0 Å². The smallest absolute Gasteiger partial charge is 0.141 e. The number of hydrogen-bond donors (Lipinski definition) is 1. The third-order valence-electron chi connectivity index (χ3n) is 3.25. The lowest BCUT2D eigenvalue weighted by molar-refractivity contribution is 0.411. The molecule has 21 heavy (non-hydrogen) atoms. The molecule has 1 atom stereocenters. The van der Waals surface area contributed by atoms with Gasteiger partial charge in [0.2, 0.25) is 0 Å². The molecule has 0 aliphatic carbocycles. The van der Waals surface area contributed by atoms with Crippen molar-refractivity contribution in [3.8, 4) is 17.2 Å². The molecule has 3 nitrogen and oxygen atoms in total. The summed E-state index contributed by atoms with van der Waals surface area (Å²) in [6, 6.07) is 14.0. The summed E-state index contributed by atoms with van der Waals surface area (Å²) in [4.78, 5) is 0. The van der Waals surface area contributed by atoms with Crippen molar-refractivity contribution in [1.82, 2.24) is 5.32 Å². The Balaban J connectivity index is 2.27. The van der Waals surface area contributed by atoms with Crippen LogP contribution in [-0.4, -0.2) is 13.7 Å². The predicted molar refractivity (Wildman–Crippen MR) is 89.3 cm³/mol. The van der Waals surface area contributed by atoms with E-state index >= 15 is 0 Å². The number of ether oxygens (including phenoxy) is 2. The van der Waals surface area contributed by atoms with Crippen LogP contribution in [0.2, 0.25) is 0 Å². The highest BCUT2D eigenvalue weighted by atomic mass is 79.9. The second kappa shape index (κ2) is 7.48. The Morgan fingerprint density at radius 3 is 2.57 bits per heavy atom. The van der Waals surface area contributed by atoms with Crippen molar-refractivity contribution < 1.29 is 9.47 Å². The van der Waals surface area contributed by atoms with E-state index in [-0.39, 0.29) is 6.04 Å². The van der Waals surface area contributed by atoms with E-state index in [4.69, 9.17) is 9.47 Å². The molecule has 0 spiro atoms. The summed E-state index contributed by atoms with van der Waals surface area (Å²) in [5.74, 6) is 2.42. The molecule has 2 aromatic rings. The second-order valence-electron chi connectivity index (χ2n) is 4.72. The van der Waals surface area contributed by atoms with Crippen LogP contribution in [0.25, 0.3) is 0 Å². The van der Waals surface area contributed by atoms with Crippen LogP contribution in [0.1, 0.15) is 25.5 Å². The Morgan fingerprint density at radius 1 is 1.14 bits per heavy atom. The molecule has 1 N–H and O–H groups in total. The van der Waals surface area contributed by atoms with Gasteiger partial charge in [0, 0.05) is 11.6 Å². The lowest BCUT2D eigenvalue weighted by Gasteiger charge is -2.18. The van der Waals surface area contributed by atoms with Gasteiger partial charge in [-0.25, -0.2) is 0 Å². The second-order valence-corrected chi connectivity index (χ2v) is 5.57. The minimum atomic E-state index is 0.239. The highest BCUT2D eigenvalue weighted by Gasteiger charge is 2.12. The van der Waals surface area contributed by atoms with Gasteiger partial charge in [-0.05, 0) is 53.7 Å². The van der Waals surface area contributed by atoms with Gasteiger partial charge in [0.05, 0.1) is 11.6 Å². The summed E-state index contributed by atoms with van der Waals surface area (Å²) in [7, 11) is 1.65. The molecule has 0 aliphatic heterocycles. The van der Waals surface area contributed by atoms with E-state index in [1.807, 2.05) is 36.4 Å². The maximum absolute atomic E-state index is 6.06. The molecule has 1 unspecified atom stereocenters. The minimum absolute atomic E-state index is 0.239. The van der Waals surface area contributed by atoms with Crippen molar-refractivity contribution in [2.75, 3.05) is 13.7 Å². The summed E-state index contributed by atoms with van der Waals surface area (Å²) < 4.78 is 12.1. The molecule has 0 radical (unpaired) electrons. The summed E-state index contributed by atoms with van der Waals surface area (Å²) in [6.07, 6.45) is 0. The molecule has 0 heterocycles. The van der Waals surface area contributed by atoms with Crippen LogP contribution in [0.5, 0.6) is 17.2 Å². The standard InChI is InChI=1S/C17H20BrNO2/c1-4-19-12(2)14-7-5-6-8-16(14)21-17-10-9-13(20-3)11-15(17)18/h5-12,19H,4H2,1-3H3. The first-order chi connectivity index (χ1) is 10.2. The normalized spacial score (nSPS) is 12.0.